The van der Waals surface area contributed by atoms with Crippen LogP contribution in [0, 0.1) is 0 Å². The Morgan fingerprint density at radius 2 is 1.86 bits per heavy atom. The summed E-state index contributed by atoms with van der Waals surface area (Å²) >= 11 is 3.25. The van der Waals surface area contributed by atoms with E-state index >= 15 is 0 Å². The molecule has 1 heterocycles. The lowest BCUT2D eigenvalue weighted by Gasteiger charge is -2.07. The monoisotopic (exact) mass is 365 g/mol. The molecule has 3 N–H and O–H groups in total. The Morgan fingerprint density at radius 3 is 2.55 bits per heavy atom. The molecule has 0 spiro atoms. The summed E-state index contributed by atoms with van der Waals surface area (Å²) < 4.78 is 5.62. The number of benzene rings is 1. The quantitative estimate of drug-likeness (QED) is 0.709. The van der Waals surface area contributed by atoms with Gasteiger partial charge in [0.2, 0.25) is 0 Å². The van der Waals surface area contributed by atoms with Gasteiger partial charge in [0.25, 0.3) is 11.8 Å². The maximum absolute atomic E-state index is 11.8. The molecule has 0 aliphatic carbocycles. The van der Waals surface area contributed by atoms with Gasteiger partial charge < -0.3 is 9.73 Å². The zero-order valence-corrected chi connectivity index (χ0v) is 12.8. The van der Waals surface area contributed by atoms with Gasteiger partial charge in [0.1, 0.15) is 0 Å². The zero-order valence-electron chi connectivity index (χ0n) is 11.3. The van der Waals surface area contributed by atoms with Crippen LogP contribution in [0.2, 0.25) is 0 Å². The summed E-state index contributed by atoms with van der Waals surface area (Å²) in [6.45, 7) is -0.274. The van der Waals surface area contributed by atoms with Crippen molar-refractivity contribution in [3.8, 4) is 0 Å². The van der Waals surface area contributed by atoms with Crippen molar-refractivity contribution in [2.75, 3.05) is 6.54 Å². The highest BCUT2D eigenvalue weighted by atomic mass is 79.9. The smallest absolute Gasteiger partial charge is 0.305 e. The van der Waals surface area contributed by atoms with Gasteiger partial charge in [-0.1, -0.05) is 22.0 Å². The Labute approximate surface area is 134 Å². The highest BCUT2D eigenvalue weighted by Crippen LogP contribution is 2.11. The molecule has 0 unspecified atom stereocenters. The highest BCUT2D eigenvalue weighted by Gasteiger charge is 2.11. The number of halogens is 1. The first kappa shape index (κ1) is 15.8. The second kappa shape index (κ2) is 7.41. The van der Waals surface area contributed by atoms with E-state index in [0.717, 1.165) is 4.47 Å². The van der Waals surface area contributed by atoms with Crippen molar-refractivity contribution in [3.05, 3.63) is 58.5 Å². The van der Waals surface area contributed by atoms with Crippen LogP contribution in [0.5, 0.6) is 0 Å². The number of amides is 3. The molecule has 0 saturated carbocycles. The number of nitrogens with one attached hydrogen (secondary N) is 3. The molecule has 0 aliphatic rings. The summed E-state index contributed by atoms with van der Waals surface area (Å²) in [5.41, 5.74) is 4.75. The van der Waals surface area contributed by atoms with Crippen molar-refractivity contribution in [1.29, 1.82) is 0 Å². The minimum Gasteiger partial charge on any atom is -0.459 e. The Hall–Kier alpha value is -2.61. The second-order valence-electron chi connectivity index (χ2n) is 4.17. The van der Waals surface area contributed by atoms with Crippen LogP contribution in [0.15, 0.2) is 51.6 Å². The van der Waals surface area contributed by atoms with Gasteiger partial charge in [-0.25, -0.2) is 0 Å². The van der Waals surface area contributed by atoms with Crippen LogP contribution < -0.4 is 16.2 Å². The number of hydrogen-bond acceptors (Lipinski definition) is 4. The molecular weight excluding hydrogens is 354 g/mol. The largest absolute Gasteiger partial charge is 0.459 e. The fourth-order valence-electron chi connectivity index (χ4n) is 1.53. The van der Waals surface area contributed by atoms with Crippen LogP contribution in [-0.2, 0) is 4.79 Å². The third-order valence-electron chi connectivity index (χ3n) is 2.56. The van der Waals surface area contributed by atoms with Crippen molar-refractivity contribution in [3.63, 3.8) is 0 Å². The molecule has 2 aromatic rings. The van der Waals surface area contributed by atoms with Crippen LogP contribution in [-0.4, -0.2) is 24.3 Å². The van der Waals surface area contributed by atoms with Crippen molar-refractivity contribution in [2.24, 2.45) is 0 Å². The summed E-state index contributed by atoms with van der Waals surface area (Å²) in [4.78, 5) is 34.8. The van der Waals surface area contributed by atoms with E-state index in [9.17, 15) is 14.4 Å². The van der Waals surface area contributed by atoms with E-state index in [1.165, 1.54) is 12.3 Å². The molecule has 0 atom stereocenters. The average Bonchev–Trinajstić information content (AvgIpc) is 3.04. The topological polar surface area (TPSA) is 100 Å². The van der Waals surface area contributed by atoms with E-state index in [0.29, 0.717) is 5.56 Å². The van der Waals surface area contributed by atoms with E-state index in [-0.39, 0.29) is 12.3 Å². The van der Waals surface area contributed by atoms with Crippen LogP contribution in [0.1, 0.15) is 20.9 Å². The molecule has 3 amide bonds. The van der Waals surface area contributed by atoms with Crippen molar-refractivity contribution in [1.82, 2.24) is 16.2 Å². The lowest BCUT2D eigenvalue weighted by Crippen LogP contribution is -2.46. The van der Waals surface area contributed by atoms with Gasteiger partial charge >= 0.3 is 5.91 Å². The number of carbonyl (C=O) groups is 3. The highest BCUT2D eigenvalue weighted by molar-refractivity contribution is 9.10. The third-order valence-corrected chi connectivity index (χ3v) is 3.05. The normalized spacial score (nSPS) is 9.86. The van der Waals surface area contributed by atoms with Crippen LogP contribution >= 0.6 is 15.9 Å². The van der Waals surface area contributed by atoms with Gasteiger partial charge in [-0.3, -0.25) is 25.2 Å². The van der Waals surface area contributed by atoms with Gasteiger partial charge in [-0.05, 0) is 30.3 Å². The molecule has 2 rings (SSSR count). The lowest BCUT2D eigenvalue weighted by atomic mass is 10.2. The molecule has 22 heavy (non-hydrogen) atoms. The van der Waals surface area contributed by atoms with Gasteiger partial charge in [-0.2, -0.15) is 0 Å². The van der Waals surface area contributed by atoms with E-state index in [1.54, 1.807) is 30.3 Å². The average molecular weight is 366 g/mol. The van der Waals surface area contributed by atoms with Crippen molar-refractivity contribution in [2.45, 2.75) is 0 Å². The van der Waals surface area contributed by atoms with E-state index < -0.39 is 17.7 Å². The summed E-state index contributed by atoms with van der Waals surface area (Å²) in [6.07, 6.45) is 1.34. The molecule has 0 radical (unpaired) electrons. The minimum atomic E-state index is -0.586. The Kier molecular flexibility index (Phi) is 5.31. The number of rotatable bonds is 4. The number of furan rings is 1. The molecule has 0 bridgehead atoms. The maximum Gasteiger partial charge on any atom is 0.305 e. The molecule has 8 heteroatoms. The summed E-state index contributed by atoms with van der Waals surface area (Å²) in [6, 6.07) is 9.75. The molecule has 1 aromatic heterocycles. The third kappa shape index (κ3) is 4.45. The van der Waals surface area contributed by atoms with Gasteiger partial charge in [0.15, 0.2) is 5.76 Å². The van der Waals surface area contributed by atoms with Crippen LogP contribution in [0.4, 0.5) is 0 Å². The Bertz CT molecular complexity index is 685. The van der Waals surface area contributed by atoms with E-state index in [4.69, 9.17) is 4.42 Å². The van der Waals surface area contributed by atoms with E-state index in [2.05, 4.69) is 32.1 Å². The van der Waals surface area contributed by atoms with Crippen LogP contribution in [0.25, 0.3) is 0 Å². The van der Waals surface area contributed by atoms with E-state index in [1.807, 2.05) is 0 Å². The number of carbonyl (C=O) groups excluding carboxylic acids is 3. The maximum atomic E-state index is 11.8. The molecule has 0 aliphatic heterocycles. The molecular formula is C14H12BrN3O4. The number of hydrazine groups is 1. The van der Waals surface area contributed by atoms with Gasteiger partial charge in [0.05, 0.1) is 12.8 Å². The fourth-order valence-corrected chi connectivity index (χ4v) is 1.93. The van der Waals surface area contributed by atoms with Crippen molar-refractivity contribution < 1.29 is 18.8 Å². The molecule has 1 aromatic carbocycles. The van der Waals surface area contributed by atoms with Crippen LogP contribution in [0.3, 0.4) is 0 Å². The predicted octanol–water partition coefficient (Wildman–Crippen LogP) is 1.23. The summed E-state index contributed by atoms with van der Waals surface area (Å²) in [5.74, 6) is -1.48. The second-order valence-corrected chi connectivity index (χ2v) is 5.09. The zero-order chi connectivity index (χ0) is 15.9. The molecule has 114 valence electrons. The summed E-state index contributed by atoms with van der Waals surface area (Å²) in [5, 5.41) is 2.44. The standard InChI is InChI=1S/C14H12BrN3O4/c15-10-4-1-3-9(7-10)13(20)16-8-12(19)17-18-14(21)11-5-2-6-22-11/h1-7H,8H2,(H,16,20)(H,17,19)(H,18,21). The SMILES string of the molecule is O=C(CNC(=O)c1cccc(Br)c1)NNC(=O)c1ccco1. The summed E-state index contributed by atoms with van der Waals surface area (Å²) in [7, 11) is 0. The molecule has 7 nitrogen and oxygen atoms in total. The first-order chi connectivity index (χ1) is 10.6. The Morgan fingerprint density at radius 1 is 1.05 bits per heavy atom. The van der Waals surface area contributed by atoms with Gasteiger partial charge in [-0.15, -0.1) is 0 Å². The lowest BCUT2D eigenvalue weighted by molar-refractivity contribution is -0.120. The minimum absolute atomic E-state index is 0.0680. The molecule has 0 fully saturated rings. The van der Waals surface area contributed by atoms with Gasteiger partial charge in [0, 0.05) is 10.0 Å². The molecule has 0 saturated heterocycles. The number of hydrogen-bond donors (Lipinski definition) is 3. The first-order valence-corrected chi connectivity index (χ1v) is 7.02. The first-order valence-electron chi connectivity index (χ1n) is 6.22. The predicted molar refractivity (Wildman–Crippen MR) is 80.8 cm³/mol. The Balaban J connectivity index is 1.76. The fraction of sp³-hybridized carbons (Fsp3) is 0.0714. The van der Waals surface area contributed by atoms with Crippen molar-refractivity contribution >= 4 is 33.7 Å².